The van der Waals surface area contributed by atoms with Gasteiger partial charge in [0.25, 0.3) is 0 Å². The van der Waals surface area contributed by atoms with E-state index in [4.69, 9.17) is 24.4 Å². The largest absolute Gasteiger partial charge is 0.481 e. The van der Waals surface area contributed by atoms with Crippen molar-refractivity contribution in [2.45, 2.75) is 225 Å². The molecule has 0 aliphatic carbocycles. The van der Waals surface area contributed by atoms with Gasteiger partial charge in [-0.2, -0.15) is 0 Å². The van der Waals surface area contributed by atoms with Crippen molar-refractivity contribution < 1.29 is 43.6 Å². The van der Waals surface area contributed by atoms with Crippen LogP contribution in [0.25, 0.3) is 0 Å². The maximum Gasteiger partial charge on any atom is 0.311 e. The zero-order valence-electron chi connectivity index (χ0n) is 41.1. The third kappa shape index (κ3) is 33.7. The second kappa shape index (κ2) is 36.7. The number of rotatable bonds is 29. The molecule has 0 saturated carbocycles. The lowest BCUT2D eigenvalue weighted by molar-refractivity contribution is -0.156. The van der Waals surface area contributed by atoms with Crippen molar-refractivity contribution in [3.05, 3.63) is 35.9 Å². The molecule has 0 unspecified atom stereocenters. The van der Waals surface area contributed by atoms with E-state index in [1.807, 2.05) is 99.6 Å². The summed E-state index contributed by atoms with van der Waals surface area (Å²) in [7, 11) is 0. The summed E-state index contributed by atoms with van der Waals surface area (Å²) in [4.78, 5) is 44.9. The van der Waals surface area contributed by atoms with Gasteiger partial charge in [0.1, 0.15) is 13.2 Å². The number of esters is 3. The van der Waals surface area contributed by atoms with Gasteiger partial charge in [0, 0.05) is 0 Å². The van der Waals surface area contributed by atoms with Crippen LogP contribution in [0, 0.1) is 21.7 Å². The van der Waals surface area contributed by atoms with E-state index in [9.17, 15) is 19.2 Å². The summed E-state index contributed by atoms with van der Waals surface area (Å²) in [5.41, 5.74) is -0.642. The van der Waals surface area contributed by atoms with Crippen molar-refractivity contribution in [1.82, 2.24) is 0 Å². The second-order valence-corrected chi connectivity index (χ2v) is 18.6. The van der Waals surface area contributed by atoms with Gasteiger partial charge >= 0.3 is 23.9 Å². The average molecular weight is 851 g/mol. The Kier molecular flexibility index (Phi) is 37.5. The molecule has 9 heteroatoms. The predicted octanol–water partition coefficient (Wildman–Crippen LogP) is 13.9. The standard InChI is InChI=1S/C24H48O2.C13H18O2.C8H16O3.C6H12O2/c1-5-7-8-9-10-11-12-13-14-15-16-17-18-19-20-21-22-26-23(25)24(3,4)6-2;1-4-13(2,3)12(14)15-10-11-8-6-5-7-9-11;1-4-8(2,3)7(10)11-6-5-9;1-4-6(2,3)5(7)8/h5-22H2,1-4H3;5-9H,4,10H2,1-3H3;9H,4-6H2,1-3H3;4H2,1-3H3,(H,7,8). The van der Waals surface area contributed by atoms with E-state index in [2.05, 4.69) is 6.92 Å². The number of ether oxygens (including phenoxy) is 3. The zero-order chi connectivity index (χ0) is 46.5. The Balaban J connectivity index is -0.000000802. The molecule has 2 N–H and O–H groups in total. The first-order chi connectivity index (χ1) is 28.1. The summed E-state index contributed by atoms with van der Waals surface area (Å²) < 4.78 is 15.4. The fourth-order valence-electron chi connectivity index (χ4n) is 4.85. The van der Waals surface area contributed by atoms with Crippen LogP contribution in [0.5, 0.6) is 0 Å². The van der Waals surface area contributed by atoms with Gasteiger partial charge in [-0.05, 0) is 93.1 Å². The van der Waals surface area contributed by atoms with Gasteiger partial charge in [-0.1, -0.05) is 161 Å². The Bertz CT molecular complexity index is 1200. The number of aliphatic carboxylic acids is 1. The number of aliphatic hydroxyl groups excluding tert-OH is 1. The highest BCUT2D eigenvalue weighted by Gasteiger charge is 2.28. The number of benzene rings is 1. The molecule has 0 atom stereocenters. The van der Waals surface area contributed by atoms with E-state index < -0.39 is 16.8 Å². The van der Waals surface area contributed by atoms with Crippen LogP contribution in [0.15, 0.2) is 30.3 Å². The molecule has 9 nitrogen and oxygen atoms in total. The Morgan fingerprint density at radius 1 is 0.450 bits per heavy atom. The van der Waals surface area contributed by atoms with Crippen molar-refractivity contribution in [2.75, 3.05) is 19.8 Å². The summed E-state index contributed by atoms with van der Waals surface area (Å²) in [5.74, 6) is -1.14. The quantitative estimate of drug-likeness (QED) is 0.0458. The monoisotopic (exact) mass is 851 g/mol. The van der Waals surface area contributed by atoms with Crippen LogP contribution in [0.1, 0.15) is 224 Å². The molecule has 0 aromatic heterocycles. The van der Waals surface area contributed by atoms with E-state index in [-0.39, 0.29) is 42.0 Å². The lowest BCUT2D eigenvalue weighted by Gasteiger charge is -2.20. The van der Waals surface area contributed by atoms with Crippen LogP contribution in [-0.4, -0.2) is 53.9 Å². The van der Waals surface area contributed by atoms with E-state index in [1.54, 1.807) is 13.8 Å². The number of carboxylic acids is 1. The van der Waals surface area contributed by atoms with Crippen molar-refractivity contribution in [2.24, 2.45) is 21.7 Å². The number of aliphatic hydroxyl groups is 1. The van der Waals surface area contributed by atoms with Crippen molar-refractivity contribution in [3.63, 3.8) is 0 Å². The molecule has 0 aliphatic rings. The first-order valence-electron chi connectivity index (χ1n) is 23.5. The SMILES string of the molecule is CCC(C)(C)C(=O)O.CCC(C)(C)C(=O)OCCO.CCC(C)(C)C(=O)OCc1ccccc1.CCCCCCCCCCCCCCCCCCOC(=O)C(C)(C)CC. The molecule has 0 spiro atoms. The fraction of sp³-hybridized carbons (Fsp3) is 0.804. The molecule has 352 valence electrons. The van der Waals surface area contributed by atoms with Crippen LogP contribution in [0.2, 0.25) is 0 Å². The summed E-state index contributed by atoms with van der Waals surface area (Å²) >= 11 is 0. The van der Waals surface area contributed by atoms with Crippen LogP contribution < -0.4 is 0 Å². The molecule has 0 bridgehead atoms. The lowest BCUT2D eigenvalue weighted by Crippen LogP contribution is -2.26. The lowest BCUT2D eigenvalue weighted by atomic mass is 9.91. The molecule has 0 aliphatic heterocycles. The Morgan fingerprint density at radius 3 is 1.07 bits per heavy atom. The number of carbonyl (C=O) groups is 4. The van der Waals surface area contributed by atoms with Crippen LogP contribution in [-0.2, 0) is 40.0 Å². The average Bonchev–Trinajstić information content (AvgIpc) is 3.23. The molecule has 1 rings (SSSR count). The molecule has 0 fully saturated rings. The number of hydrogen-bond donors (Lipinski definition) is 2. The third-order valence-electron chi connectivity index (χ3n) is 11.5. The smallest absolute Gasteiger partial charge is 0.311 e. The molecule has 0 amide bonds. The Morgan fingerprint density at radius 2 is 0.767 bits per heavy atom. The van der Waals surface area contributed by atoms with Crippen LogP contribution >= 0.6 is 0 Å². The number of unbranched alkanes of at least 4 members (excludes halogenated alkanes) is 15. The van der Waals surface area contributed by atoms with Gasteiger partial charge in [-0.3, -0.25) is 19.2 Å². The molecule has 60 heavy (non-hydrogen) atoms. The van der Waals surface area contributed by atoms with Gasteiger partial charge in [0.15, 0.2) is 0 Å². The number of carboxylic acid groups (broad SMARTS) is 1. The van der Waals surface area contributed by atoms with Gasteiger partial charge in [0.2, 0.25) is 0 Å². The van der Waals surface area contributed by atoms with Crippen LogP contribution in [0.3, 0.4) is 0 Å². The summed E-state index contributed by atoms with van der Waals surface area (Å²) in [6, 6.07) is 9.72. The molecule has 0 saturated heterocycles. The maximum atomic E-state index is 11.8. The highest BCUT2D eigenvalue weighted by atomic mass is 16.5. The Labute approximate surface area is 368 Å². The highest BCUT2D eigenvalue weighted by Crippen LogP contribution is 2.24. The minimum atomic E-state index is -0.722. The predicted molar refractivity (Wildman–Crippen MR) is 249 cm³/mol. The van der Waals surface area contributed by atoms with Gasteiger partial charge in [-0.25, -0.2) is 0 Å². The molecule has 0 heterocycles. The van der Waals surface area contributed by atoms with E-state index >= 15 is 0 Å². The first kappa shape index (κ1) is 61.4. The van der Waals surface area contributed by atoms with Crippen molar-refractivity contribution in [1.29, 1.82) is 0 Å². The van der Waals surface area contributed by atoms with E-state index in [0.29, 0.717) is 19.6 Å². The van der Waals surface area contributed by atoms with Gasteiger partial charge in [-0.15, -0.1) is 0 Å². The van der Waals surface area contributed by atoms with Crippen molar-refractivity contribution >= 4 is 23.9 Å². The second-order valence-electron chi connectivity index (χ2n) is 18.6. The topological polar surface area (TPSA) is 136 Å². The number of carbonyl (C=O) groups excluding carboxylic acids is 3. The summed E-state index contributed by atoms with van der Waals surface area (Å²) in [6.07, 6.45) is 25.0. The van der Waals surface area contributed by atoms with E-state index in [0.717, 1.165) is 31.2 Å². The third-order valence-corrected chi connectivity index (χ3v) is 11.5. The van der Waals surface area contributed by atoms with Crippen LogP contribution in [0.4, 0.5) is 0 Å². The van der Waals surface area contributed by atoms with E-state index in [1.165, 1.54) is 96.3 Å². The zero-order valence-corrected chi connectivity index (χ0v) is 41.1. The Hall–Kier alpha value is -2.94. The molecule has 0 radical (unpaired) electrons. The summed E-state index contributed by atoms with van der Waals surface area (Å²) in [5, 5.41) is 16.8. The highest BCUT2D eigenvalue weighted by molar-refractivity contribution is 5.76. The first-order valence-corrected chi connectivity index (χ1v) is 23.5. The minimum Gasteiger partial charge on any atom is -0.481 e. The molecule has 1 aromatic carbocycles. The number of hydrogen-bond acceptors (Lipinski definition) is 8. The minimum absolute atomic E-state index is 0.0408. The normalized spacial score (nSPS) is 11.4. The van der Waals surface area contributed by atoms with Gasteiger partial charge in [0.05, 0.1) is 34.9 Å². The molecular weight excluding hydrogens is 757 g/mol. The molecular formula is C51H94O9. The fourth-order valence-corrected chi connectivity index (χ4v) is 4.85. The van der Waals surface area contributed by atoms with Crippen molar-refractivity contribution in [3.8, 4) is 0 Å². The summed E-state index contributed by atoms with van der Waals surface area (Å²) in [6.45, 7) is 25.9. The maximum absolute atomic E-state index is 11.8. The molecule has 1 aromatic rings. The van der Waals surface area contributed by atoms with Gasteiger partial charge < -0.3 is 24.4 Å².